The van der Waals surface area contributed by atoms with Gasteiger partial charge in [-0.15, -0.1) is 0 Å². The van der Waals surface area contributed by atoms with Crippen LogP contribution in [0.25, 0.3) is 0 Å². The van der Waals surface area contributed by atoms with Crippen molar-refractivity contribution >= 4 is 41.4 Å². The lowest BCUT2D eigenvalue weighted by molar-refractivity contribution is -0.398. The molecule has 57 nitrogen and oxygen atoms in total. The molecule has 9 saturated heterocycles. The quantitative estimate of drug-likeness (QED) is 0.0252. The number of rotatable bonds is 42. The number of unbranched alkanes of at least 4 members (excludes halogenated alkanes) is 1. The molecule has 0 aromatic rings. The van der Waals surface area contributed by atoms with Gasteiger partial charge in [0, 0.05) is 33.6 Å². The first-order chi connectivity index (χ1) is 63.4. The molecule has 9 fully saturated rings. The number of carbonyl (C=O) groups is 7. The zero-order valence-corrected chi connectivity index (χ0v) is 73.6. The zero-order valence-electron chi connectivity index (χ0n) is 73.6. The topological polar surface area (TPSA) is 898 Å². The van der Waals surface area contributed by atoms with E-state index in [0.717, 1.165) is 27.3 Å². The summed E-state index contributed by atoms with van der Waals surface area (Å²) >= 11 is 0. The molecule has 57 heteroatoms. The van der Waals surface area contributed by atoms with Crippen molar-refractivity contribution in [3.05, 3.63) is 6.54 Å². The van der Waals surface area contributed by atoms with Crippen LogP contribution in [-0.4, -0.2) is 518 Å². The fraction of sp³-hybridized carbons (Fsp3) is 0.896. The third-order valence-electron chi connectivity index (χ3n) is 24.0. The Hall–Kier alpha value is -5.43. The fourth-order valence-electron chi connectivity index (χ4n) is 16.6. The Balaban J connectivity index is 0.977. The number of carbonyl (C=O) groups excluding carboxylic acids is 7. The predicted octanol–water partition coefficient (Wildman–Crippen LogP) is -20.3. The summed E-state index contributed by atoms with van der Waals surface area (Å²) in [7, 11) is 0. The van der Waals surface area contributed by atoms with Crippen LogP contribution in [-0.2, 0) is 114 Å². The Kier molecular flexibility index (Phi) is 43.0. The molecule has 0 aliphatic carbocycles. The van der Waals surface area contributed by atoms with Crippen molar-refractivity contribution < 1.29 is 237 Å². The molecule has 9 rings (SSSR count). The van der Waals surface area contributed by atoms with Crippen molar-refractivity contribution in [3.63, 3.8) is 0 Å². The number of amides is 7. The Labute approximate surface area is 764 Å². The Morgan fingerprint density at radius 3 is 1.13 bits per heavy atom. The highest BCUT2D eigenvalue weighted by Gasteiger charge is 2.61. The highest BCUT2D eigenvalue weighted by molar-refractivity contribution is 5.93. The largest absolute Gasteiger partial charge is 0.394 e. The summed E-state index contributed by atoms with van der Waals surface area (Å²) in [5.74, 6) is -6.23. The van der Waals surface area contributed by atoms with E-state index in [1.54, 1.807) is 13.8 Å². The number of hydrogen-bond acceptors (Lipinski definition) is 50. The fourth-order valence-corrected chi connectivity index (χ4v) is 16.6. The van der Waals surface area contributed by atoms with Crippen LogP contribution >= 0.6 is 0 Å². The van der Waals surface area contributed by atoms with E-state index in [1.807, 2.05) is 0 Å². The molecule has 47 unspecified atom stereocenters. The molecule has 134 heavy (non-hydrogen) atoms. The lowest BCUT2D eigenvalue weighted by atomic mass is 9.94. The van der Waals surface area contributed by atoms with Crippen LogP contribution in [0.2, 0.25) is 0 Å². The van der Waals surface area contributed by atoms with Crippen molar-refractivity contribution in [2.75, 3.05) is 66.0 Å². The van der Waals surface area contributed by atoms with Crippen LogP contribution in [0.5, 0.6) is 0 Å². The van der Waals surface area contributed by atoms with Gasteiger partial charge in [-0.05, 0) is 32.2 Å². The van der Waals surface area contributed by atoms with Gasteiger partial charge in [0.1, 0.15) is 226 Å². The molecular weight excluding hydrogens is 1820 g/mol. The van der Waals surface area contributed by atoms with Gasteiger partial charge in [0.05, 0.1) is 78.2 Å². The van der Waals surface area contributed by atoms with Crippen LogP contribution in [0.3, 0.4) is 0 Å². The minimum absolute atomic E-state index is 0.308. The standard InChI is InChI=1S/C77H132N9O48/c1-23(2)41(86-68(116)28(79)9-7-8-11-78)69(117)81-24(3)67(115)80-12-10-39(99)85-40-13-29(98)60(34(18-91)119-40)128-70-42(82-25(4)95)50(105)63(37(21-94)124-70)131-75-59(114)64(132-77-66(56(111)48(103)33(17-90)123-77)134-72-44(84-27(6)97)52(107)62(36(20-93)126-72)130-74-58(113)54(109)46(101)31(15-88)121-74)49(104)38(127-75)22-118-76-65(55(110)47(102)32(16-89)122-76)133-71-43(83-26(5)96)51(106)61(35(19-92)125-71)129-73-57(112)53(108)45(100)30(14-87)120-73/h12,23-24,28-38,40-66,70-77,87-94,98,100-114H,7-11,13-22,78-79H2,1-6H3,(H,80,115)(H,81,117)(H,82,95)(H,83,96)(H,84,97)(H,85,99)(H,86,116). The van der Waals surface area contributed by atoms with E-state index in [0.29, 0.717) is 25.8 Å². The number of nitrogens with one attached hydrogen (secondary N) is 7. The molecule has 9 aliphatic heterocycles. The molecule has 7 amide bonds. The van der Waals surface area contributed by atoms with Gasteiger partial charge in [-0.3, -0.25) is 33.6 Å². The maximum Gasteiger partial charge on any atom is 0.243 e. The monoisotopic (exact) mass is 1950 g/mol. The molecule has 773 valence electrons. The number of ether oxygens (including phenoxy) is 17. The Morgan fingerprint density at radius 2 is 0.716 bits per heavy atom. The summed E-state index contributed by atoms with van der Waals surface area (Å²) in [6.07, 6.45) is -84.6. The number of hydrogen-bond donors (Lipinski definition) is 33. The minimum Gasteiger partial charge on any atom is -0.394 e. The Bertz CT molecular complexity index is 3670. The normalized spacial score (nSPS) is 42.9. The second-order valence-corrected chi connectivity index (χ2v) is 34.2. The van der Waals surface area contributed by atoms with Crippen molar-refractivity contribution in [1.82, 2.24) is 37.2 Å². The van der Waals surface area contributed by atoms with Crippen molar-refractivity contribution in [3.8, 4) is 0 Å². The van der Waals surface area contributed by atoms with Gasteiger partial charge in [-0.1, -0.05) is 20.3 Å². The molecule has 9 aliphatic rings. The summed E-state index contributed by atoms with van der Waals surface area (Å²) in [5.41, 5.74) is 11.6. The van der Waals surface area contributed by atoms with Crippen molar-refractivity contribution in [2.24, 2.45) is 17.4 Å². The number of aliphatic hydroxyl groups excluding tert-OH is 24. The maximum atomic E-state index is 13.3. The second-order valence-electron chi connectivity index (χ2n) is 34.2. The summed E-state index contributed by atoms with van der Waals surface area (Å²) in [6.45, 7) is -1.09. The van der Waals surface area contributed by atoms with E-state index in [4.69, 9.17) is 92.0 Å². The molecule has 9 heterocycles. The first kappa shape index (κ1) is 112. The lowest BCUT2D eigenvalue weighted by Crippen LogP contribution is -2.70. The van der Waals surface area contributed by atoms with Gasteiger partial charge in [0.25, 0.3) is 0 Å². The molecule has 1 radical (unpaired) electrons. The SMILES string of the molecule is CC(=O)NC1C(OC2C(OCC3OC(OC4C(CO)OC(OC5C(O)CC(NC(=O)C[CH]NC(=O)C(C)NC(=O)C(NC(=O)C(N)CCCCN)C(C)C)OC5CO)C(NC(C)=O)C4O)C(O)C(OC4OC(CO)C(O)C(O)C4OC4OC(CO)C(OC5OC(CO)C(O)C(O)C5O)C(O)C4NC(C)=O)C3O)OC(CO)C(O)C2O)OC(CO)C(OC2OC(CO)C(O)C(O)C2O)C1O. The van der Waals surface area contributed by atoms with E-state index < -0.39 is 408 Å². The van der Waals surface area contributed by atoms with E-state index in [-0.39, 0.29) is 0 Å². The van der Waals surface area contributed by atoms with Crippen LogP contribution in [0.15, 0.2) is 0 Å². The average molecular weight is 1950 g/mol. The summed E-state index contributed by atoms with van der Waals surface area (Å²) in [5, 5.41) is 286. The van der Waals surface area contributed by atoms with Gasteiger partial charge in [-0.25, -0.2) is 0 Å². The highest BCUT2D eigenvalue weighted by Crippen LogP contribution is 2.40. The molecule has 0 spiro atoms. The summed E-state index contributed by atoms with van der Waals surface area (Å²) in [4.78, 5) is 91.8. The van der Waals surface area contributed by atoms with Crippen molar-refractivity contribution in [2.45, 2.75) is 362 Å². The summed E-state index contributed by atoms with van der Waals surface area (Å²) in [6, 6.07) is -9.07. The molecular formula is C77H132N9O48. The molecule has 0 aromatic carbocycles. The zero-order chi connectivity index (χ0) is 99.0. The summed E-state index contributed by atoms with van der Waals surface area (Å²) < 4.78 is 102. The van der Waals surface area contributed by atoms with Gasteiger partial charge in [0.15, 0.2) is 50.3 Å². The van der Waals surface area contributed by atoms with Gasteiger partial charge in [0.2, 0.25) is 41.4 Å². The maximum absolute atomic E-state index is 13.3. The van der Waals surface area contributed by atoms with Gasteiger partial charge < -0.3 is 252 Å². The van der Waals surface area contributed by atoms with E-state index in [9.17, 15) is 156 Å². The lowest BCUT2D eigenvalue weighted by Gasteiger charge is -2.51. The average Bonchev–Trinajstić information content (AvgIpc) is 0.767. The van der Waals surface area contributed by atoms with Crippen LogP contribution in [0, 0.1) is 12.5 Å². The second kappa shape index (κ2) is 51.3. The third-order valence-corrected chi connectivity index (χ3v) is 24.0. The minimum atomic E-state index is -2.60. The van der Waals surface area contributed by atoms with Crippen LogP contribution in [0.4, 0.5) is 0 Å². The van der Waals surface area contributed by atoms with E-state index >= 15 is 0 Å². The number of nitrogens with two attached hydrogens (primary N) is 2. The molecule has 47 atom stereocenters. The van der Waals surface area contributed by atoms with Crippen LogP contribution in [0.1, 0.15) is 73.6 Å². The molecule has 0 bridgehead atoms. The third kappa shape index (κ3) is 27.3. The first-order valence-corrected chi connectivity index (χ1v) is 43.6. The predicted molar refractivity (Wildman–Crippen MR) is 429 cm³/mol. The molecule has 0 saturated carbocycles. The van der Waals surface area contributed by atoms with E-state index in [1.165, 1.54) is 6.92 Å². The molecule has 35 N–H and O–H groups in total. The first-order valence-electron chi connectivity index (χ1n) is 43.6. The van der Waals surface area contributed by atoms with Crippen LogP contribution < -0.4 is 48.7 Å². The highest BCUT2D eigenvalue weighted by atomic mass is 16.8. The van der Waals surface area contributed by atoms with Crippen molar-refractivity contribution in [1.29, 1.82) is 0 Å². The number of aliphatic hydroxyl groups is 24. The van der Waals surface area contributed by atoms with E-state index in [2.05, 4.69) is 37.2 Å². The Morgan fingerprint density at radius 1 is 0.358 bits per heavy atom. The van der Waals surface area contributed by atoms with Gasteiger partial charge in [-0.2, -0.15) is 0 Å². The van der Waals surface area contributed by atoms with Gasteiger partial charge >= 0.3 is 0 Å². The molecule has 0 aromatic heterocycles. The smallest absolute Gasteiger partial charge is 0.243 e.